The molecule has 25 heavy (non-hydrogen) atoms. The van der Waals surface area contributed by atoms with E-state index in [9.17, 15) is 26.0 Å². The Kier molecular flexibility index (Phi) is 5.48. The van der Waals surface area contributed by atoms with E-state index in [0.29, 0.717) is 18.7 Å². The number of ether oxygens (including phenoxy) is 1. The second kappa shape index (κ2) is 7.09. The summed E-state index contributed by atoms with van der Waals surface area (Å²) in [6, 6.07) is 5.41. The van der Waals surface area contributed by atoms with Crippen LogP contribution in [0.25, 0.3) is 0 Å². The van der Waals surface area contributed by atoms with Crippen molar-refractivity contribution in [3.8, 4) is 5.75 Å². The summed E-state index contributed by atoms with van der Waals surface area (Å²) in [5, 5.41) is 0.0276. The van der Waals surface area contributed by atoms with E-state index in [1.165, 1.54) is 12.1 Å². The van der Waals surface area contributed by atoms with Gasteiger partial charge in [-0.3, -0.25) is 4.72 Å². The highest BCUT2D eigenvalue weighted by molar-refractivity contribution is 7.92. The molecule has 0 bridgehead atoms. The van der Waals surface area contributed by atoms with Crippen LogP contribution in [0.3, 0.4) is 0 Å². The standard InChI is InChI=1S/C15H12ClF4NO3S/c1-2-24-14-6-4-10(8-12(14)16)25(22,23)21-9-3-5-13(17)11(7-9)15(18,19)20/h3-8,21H,2H2,1H3. The highest BCUT2D eigenvalue weighted by atomic mass is 35.5. The lowest BCUT2D eigenvalue weighted by molar-refractivity contribution is -0.139. The first-order valence-corrected chi connectivity index (χ1v) is 8.72. The Bertz CT molecular complexity index is 885. The zero-order valence-corrected chi connectivity index (χ0v) is 14.3. The number of alkyl halides is 3. The number of benzene rings is 2. The minimum Gasteiger partial charge on any atom is -0.492 e. The predicted octanol–water partition coefficient (Wildman–Crippen LogP) is 4.70. The molecule has 0 amide bonds. The number of hydrogen-bond donors (Lipinski definition) is 1. The Hall–Kier alpha value is -2.00. The molecule has 0 radical (unpaired) electrons. The summed E-state index contributed by atoms with van der Waals surface area (Å²) in [5.74, 6) is -1.23. The first-order valence-electron chi connectivity index (χ1n) is 6.86. The molecule has 1 N–H and O–H groups in total. The van der Waals surface area contributed by atoms with Crippen LogP contribution in [0.4, 0.5) is 23.2 Å². The fourth-order valence-electron chi connectivity index (χ4n) is 1.94. The molecule has 0 saturated carbocycles. The smallest absolute Gasteiger partial charge is 0.419 e. The van der Waals surface area contributed by atoms with Gasteiger partial charge in [0.2, 0.25) is 0 Å². The number of anilines is 1. The van der Waals surface area contributed by atoms with Crippen LogP contribution in [0.1, 0.15) is 12.5 Å². The summed E-state index contributed by atoms with van der Waals surface area (Å²) in [6.07, 6.45) is -4.95. The van der Waals surface area contributed by atoms with Gasteiger partial charge in [0.25, 0.3) is 10.0 Å². The SMILES string of the molecule is CCOc1ccc(S(=O)(=O)Nc2ccc(F)c(C(F)(F)F)c2)cc1Cl. The summed E-state index contributed by atoms with van der Waals surface area (Å²) in [5.41, 5.74) is -2.00. The van der Waals surface area contributed by atoms with Gasteiger partial charge in [0.1, 0.15) is 11.6 Å². The molecule has 0 atom stereocenters. The van der Waals surface area contributed by atoms with E-state index in [-0.39, 0.29) is 15.7 Å². The van der Waals surface area contributed by atoms with Crippen molar-refractivity contribution in [1.29, 1.82) is 0 Å². The average Bonchev–Trinajstić information content (AvgIpc) is 2.50. The molecule has 0 aliphatic heterocycles. The maximum Gasteiger partial charge on any atom is 0.419 e. The molecule has 136 valence electrons. The highest BCUT2D eigenvalue weighted by Crippen LogP contribution is 2.34. The molecule has 2 aromatic rings. The van der Waals surface area contributed by atoms with E-state index in [4.69, 9.17) is 16.3 Å². The van der Waals surface area contributed by atoms with Gasteiger partial charge in [-0.1, -0.05) is 11.6 Å². The van der Waals surface area contributed by atoms with Crippen LogP contribution in [0.15, 0.2) is 41.3 Å². The first kappa shape index (κ1) is 19.3. The fraction of sp³-hybridized carbons (Fsp3) is 0.200. The molecule has 0 aromatic heterocycles. The summed E-state index contributed by atoms with van der Waals surface area (Å²) < 4.78 is 83.1. The monoisotopic (exact) mass is 397 g/mol. The van der Waals surface area contributed by atoms with Gasteiger partial charge in [-0.25, -0.2) is 12.8 Å². The van der Waals surface area contributed by atoms with Crippen molar-refractivity contribution in [2.75, 3.05) is 11.3 Å². The molecule has 0 heterocycles. The van der Waals surface area contributed by atoms with Gasteiger partial charge >= 0.3 is 6.18 Å². The van der Waals surface area contributed by atoms with Crippen LogP contribution < -0.4 is 9.46 Å². The van der Waals surface area contributed by atoms with E-state index in [1.807, 2.05) is 4.72 Å². The van der Waals surface area contributed by atoms with Crippen molar-refractivity contribution in [3.63, 3.8) is 0 Å². The van der Waals surface area contributed by atoms with Gasteiger partial charge in [0.05, 0.1) is 22.1 Å². The minimum absolute atomic E-state index is 0.0276. The zero-order chi connectivity index (χ0) is 18.8. The molecule has 0 spiro atoms. The van der Waals surface area contributed by atoms with Gasteiger partial charge in [-0.15, -0.1) is 0 Å². The van der Waals surface area contributed by atoms with Crippen LogP contribution >= 0.6 is 11.6 Å². The van der Waals surface area contributed by atoms with E-state index >= 15 is 0 Å². The third-order valence-corrected chi connectivity index (χ3v) is 4.71. The maximum absolute atomic E-state index is 13.3. The molecule has 10 heteroatoms. The van der Waals surface area contributed by atoms with Gasteiger partial charge in [-0.05, 0) is 43.3 Å². The van der Waals surface area contributed by atoms with Crippen molar-refractivity contribution in [2.45, 2.75) is 18.0 Å². The van der Waals surface area contributed by atoms with Crippen molar-refractivity contribution >= 4 is 27.3 Å². The van der Waals surface area contributed by atoms with Crippen LogP contribution in [-0.4, -0.2) is 15.0 Å². The molecule has 0 aliphatic carbocycles. The number of sulfonamides is 1. The average molecular weight is 398 g/mol. The number of halogens is 5. The molecule has 0 aliphatic rings. The van der Waals surface area contributed by atoms with Crippen molar-refractivity contribution in [1.82, 2.24) is 0 Å². The maximum atomic E-state index is 13.3. The lowest BCUT2D eigenvalue weighted by Crippen LogP contribution is -2.15. The Morgan fingerprint density at radius 1 is 1.16 bits per heavy atom. The largest absolute Gasteiger partial charge is 0.492 e. The summed E-state index contributed by atoms with van der Waals surface area (Å²) in [4.78, 5) is -0.279. The van der Waals surface area contributed by atoms with E-state index in [2.05, 4.69) is 0 Å². The number of hydrogen-bond acceptors (Lipinski definition) is 3. The summed E-state index contributed by atoms with van der Waals surface area (Å²) in [6.45, 7) is 2.04. The van der Waals surface area contributed by atoms with Crippen molar-refractivity contribution in [2.24, 2.45) is 0 Å². The predicted molar refractivity (Wildman–Crippen MR) is 84.8 cm³/mol. The number of nitrogens with one attached hydrogen (secondary N) is 1. The Labute approximate surface area is 146 Å². The lowest BCUT2D eigenvalue weighted by atomic mass is 10.2. The zero-order valence-electron chi connectivity index (χ0n) is 12.7. The molecule has 2 aromatic carbocycles. The second-order valence-corrected chi connectivity index (χ2v) is 6.91. The first-order chi connectivity index (χ1) is 11.5. The lowest BCUT2D eigenvalue weighted by Gasteiger charge is -2.13. The van der Waals surface area contributed by atoms with Gasteiger partial charge in [-0.2, -0.15) is 13.2 Å². The summed E-state index contributed by atoms with van der Waals surface area (Å²) >= 11 is 5.91. The van der Waals surface area contributed by atoms with Crippen molar-refractivity contribution in [3.05, 3.63) is 52.8 Å². The Morgan fingerprint density at radius 3 is 2.40 bits per heavy atom. The van der Waals surface area contributed by atoms with E-state index in [1.54, 1.807) is 6.92 Å². The quantitative estimate of drug-likeness (QED) is 0.744. The molecule has 0 fully saturated rings. The molecule has 0 unspecified atom stereocenters. The van der Waals surface area contributed by atoms with E-state index < -0.39 is 33.3 Å². The third-order valence-electron chi connectivity index (χ3n) is 3.04. The number of rotatable bonds is 5. The summed E-state index contributed by atoms with van der Waals surface area (Å²) in [7, 11) is -4.22. The Balaban J connectivity index is 2.35. The normalized spacial score (nSPS) is 12.1. The van der Waals surface area contributed by atoms with Crippen LogP contribution in [0, 0.1) is 5.82 Å². The van der Waals surface area contributed by atoms with Gasteiger partial charge < -0.3 is 4.74 Å². The second-order valence-electron chi connectivity index (χ2n) is 4.82. The fourth-order valence-corrected chi connectivity index (χ4v) is 3.32. The molecule has 2 rings (SSSR count). The van der Waals surface area contributed by atoms with Crippen LogP contribution in [-0.2, 0) is 16.2 Å². The highest BCUT2D eigenvalue weighted by Gasteiger charge is 2.34. The minimum atomic E-state index is -4.95. The Morgan fingerprint density at radius 2 is 1.84 bits per heavy atom. The molecular weight excluding hydrogens is 386 g/mol. The molecule has 4 nitrogen and oxygen atoms in total. The van der Waals surface area contributed by atoms with Gasteiger partial charge in [0, 0.05) is 5.69 Å². The van der Waals surface area contributed by atoms with E-state index in [0.717, 1.165) is 12.1 Å². The topological polar surface area (TPSA) is 55.4 Å². The van der Waals surface area contributed by atoms with Crippen LogP contribution in [0.2, 0.25) is 5.02 Å². The van der Waals surface area contributed by atoms with Gasteiger partial charge in [0.15, 0.2) is 0 Å². The van der Waals surface area contributed by atoms with Crippen LogP contribution in [0.5, 0.6) is 5.75 Å². The molecular formula is C15H12ClF4NO3S. The van der Waals surface area contributed by atoms with Crippen molar-refractivity contribution < 1.29 is 30.7 Å². The third kappa shape index (κ3) is 4.55. The molecule has 0 saturated heterocycles.